The maximum atomic E-state index is 12.8. The maximum absolute atomic E-state index is 12.8. The highest BCUT2D eigenvalue weighted by Gasteiger charge is 2.22. The predicted molar refractivity (Wildman–Crippen MR) is 190 cm³/mol. The van der Waals surface area contributed by atoms with Crippen molar-refractivity contribution < 1.29 is 29.1 Å². The van der Waals surface area contributed by atoms with Crippen molar-refractivity contribution >= 4 is 11.9 Å². The summed E-state index contributed by atoms with van der Waals surface area (Å²) in [6, 6.07) is 33.9. The van der Waals surface area contributed by atoms with E-state index in [9.17, 15) is 9.59 Å². The Kier molecular flexibility index (Phi) is 16.4. The third-order valence-electron chi connectivity index (χ3n) is 8.26. The van der Waals surface area contributed by atoms with E-state index in [-0.39, 0.29) is 6.29 Å². The fraction of sp³-hybridized carbons (Fsp3) is 0.333. The first-order valence-corrected chi connectivity index (χ1v) is 17.4. The number of rotatable bonds is 22. The van der Waals surface area contributed by atoms with Crippen LogP contribution in [0.25, 0.3) is 22.3 Å². The summed E-state index contributed by atoms with van der Waals surface area (Å²) in [6.45, 7) is 3.91. The van der Waals surface area contributed by atoms with Gasteiger partial charge in [0.2, 0.25) is 0 Å². The second-order valence-corrected chi connectivity index (χ2v) is 12.0. The Balaban J connectivity index is 1.23. The summed E-state index contributed by atoms with van der Waals surface area (Å²) in [5, 5.41) is 0. The van der Waals surface area contributed by atoms with Crippen molar-refractivity contribution in [1.82, 2.24) is 0 Å². The van der Waals surface area contributed by atoms with Gasteiger partial charge in [-0.15, -0.1) is 9.78 Å². The van der Waals surface area contributed by atoms with Crippen LogP contribution in [0, 0.1) is 13.2 Å². The van der Waals surface area contributed by atoms with Crippen molar-refractivity contribution in [3.63, 3.8) is 0 Å². The molecular formula is C42H48O6. The van der Waals surface area contributed by atoms with Crippen LogP contribution < -0.4 is 0 Å². The molecule has 0 unspecified atom stereocenters. The third-order valence-corrected chi connectivity index (χ3v) is 8.26. The molecule has 0 atom stereocenters. The van der Waals surface area contributed by atoms with Crippen LogP contribution in [0.2, 0.25) is 0 Å². The van der Waals surface area contributed by atoms with Gasteiger partial charge in [-0.25, -0.2) is 9.59 Å². The van der Waals surface area contributed by atoms with Gasteiger partial charge in [-0.1, -0.05) is 169 Å². The number of carbonyl (C=O) groups excluding carboxylic acids is 2. The minimum absolute atomic E-state index is 0.0858. The van der Waals surface area contributed by atoms with Gasteiger partial charge in [0.15, 0.2) is 0 Å². The van der Waals surface area contributed by atoms with Crippen molar-refractivity contribution in [3.8, 4) is 22.3 Å². The molecule has 0 bridgehead atoms. The molecule has 2 radical (unpaired) electrons. The van der Waals surface area contributed by atoms with Crippen molar-refractivity contribution in [2.75, 3.05) is 0 Å². The van der Waals surface area contributed by atoms with Crippen LogP contribution in [0.1, 0.15) is 111 Å². The average Bonchev–Trinajstić information content (AvgIpc) is 3.15. The fourth-order valence-corrected chi connectivity index (χ4v) is 5.43. The van der Waals surface area contributed by atoms with Crippen LogP contribution in [-0.4, -0.2) is 11.9 Å². The molecule has 0 aliphatic carbocycles. The summed E-state index contributed by atoms with van der Waals surface area (Å²) < 4.78 is 0. The van der Waals surface area contributed by atoms with Crippen LogP contribution in [-0.2, 0) is 19.6 Å². The lowest BCUT2D eigenvalue weighted by Crippen LogP contribution is -2.16. The fourth-order valence-electron chi connectivity index (χ4n) is 5.43. The number of carbonyl (C=O) groups is 2. The molecule has 0 heterocycles. The van der Waals surface area contributed by atoms with Crippen LogP contribution in [0.3, 0.4) is 0 Å². The smallest absolute Gasteiger partial charge is 0.289 e. The van der Waals surface area contributed by atoms with Crippen LogP contribution in [0.4, 0.5) is 0 Å². The highest BCUT2D eigenvalue weighted by Crippen LogP contribution is 2.23. The average molecular weight is 649 g/mol. The van der Waals surface area contributed by atoms with Gasteiger partial charge in [-0.3, -0.25) is 9.78 Å². The zero-order chi connectivity index (χ0) is 33.7. The zero-order valence-electron chi connectivity index (χ0n) is 27.9. The van der Waals surface area contributed by atoms with E-state index in [1.807, 2.05) is 84.9 Å². The molecule has 48 heavy (non-hydrogen) atoms. The molecule has 0 spiro atoms. The molecule has 0 aliphatic heterocycles. The Bertz CT molecular complexity index is 1350. The maximum Gasteiger partial charge on any atom is 0.373 e. The van der Waals surface area contributed by atoms with E-state index in [1.165, 1.54) is 57.8 Å². The molecule has 4 aromatic rings. The summed E-state index contributed by atoms with van der Waals surface area (Å²) in [4.78, 5) is 46.4. The van der Waals surface area contributed by atoms with Gasteiger partial charge in [0, 0.05) is 6.42 Å². The Morgan fingerprint density at radius 1 is 0.396 bits per heavy atom. The highest BCUT2D eigenvalue weighted by molar-refractivity contribution is 5.90. The zero-order valence-corrected chi connectivity index (χ0v) is 27.9. The molecule has 0 aliphatic rings. The molecule has 4 aromatic carbocycles. The van der Waals surface area contributed by atoms with Gasteiger partial charge in [-0.2, -0.15) is 0 Å². The van der Waals surface area contributed by atoms with E-state index < -0.39 is 11.9 Å². The molecule has 0 saturated heterocycles. The highest BCUT2D eigenvalue weighted by atomic mass is 17.3. The van der Waals surface area contributed by atoms with E-state index in [0.29, 0.717) is 17.5 Å². The minimum atomic E-state index is -0.680. The molecule has 0 amide bonds. The molecule has 6 nitrogen and oxygen atoms in total. The SMILES string of the molecule is [CH2]CCCCCCCCCCCCCC[C](OOC(=O)c1ccc(-c2ccccc2)cc1)OOC(=O)c1ccc(-c2ccccc2)cc1. The number of unbranched alkanes of at least 4 members (excludes halogenated alkanes) is 12. The summed E-state index contributed by atoms with van der Waals surface area (Å²) in [5.41, 5.74) is 4.70. The molecule has 0 N–H and O–H groups in total. The molecule has 4 rings (SSSR count). The first-order chi connectivity index (χ1) is 23.6. The van der Waals surface area contributed by atoms with Gasteiger partial charge in [0.1, 0.15) is 0 Å². The first kappa shape index (κ1) is 36.6. The van der Waals surface area contributed by atoms with E-state index in [2.05, 4.69) is 6.92 Å². The third kappa shape index (κ3) is 13.1. The lowest BCUT2D eigenvalue weighted by Gasteiger charge is -2.14. The van der Waals surface area contributed by atoms with E-state index >= 15 is 0 Å². The summed E-state index contributed by atoms with van der Waals surface area (Å²) >= 11 is 0. The lowest BCUT2D eigenvalue weighted by molar-refractivity contribution is -0.363. The topological polar surface area (TPSA) is 71.1 Å². The number of hydrogen-bond acceptors (Lipinski definition) is 6. The molecule has 0 fully saturated rings. The van der Waals surface area contributed by atoms with E-state index in [4.69, 9.17) is 19.6 Å². The van der Waals surface area contributed by atoms with Crippen molar-refractivity contribution in [1.29, 1.82) is 0 Å². The Labute approximate surface area is 286 Å². The summed E-state index contributed by atoms with van der Waals surface area (Å²) in [5.74, 6) is -1.36. The Morgan fingerprint density at radius 2 is 0.729 bits per heavy atom. The quantitative estimate of drug-likeness (QED) is 0.0480. The molecule has 0 aromatic heterocycles. The molecule has 6 heteroatoms. The van der Waals surface area contributed by atoms with Crippen molar-refractivity contribution in [2.24, 2.45) is 0 Å². The number of hydrogen-bond donors (Lipinski definition) is 0. The predicted octanol–water partition coefficient (Wildman–Crippen LogP) is 11.7. The van der Waals surface area contributed by atoms with Gasteiger partial charge in [0.05, 0.1) is 11.1 Å². The molecular weight excluding hydrogens is 600 g/mol. The van der Waals surface area contributed by atoms with E-state index in [1.54, 1.807) is 24.3 Å². The van der Waals surface area contributed by atoms with E-state index in [0.717, 1.165) is 47.9 Å². The van der Waals surface area contributed by atoms with Crippen molar-refractivity contribution in [2.45, 2.75) is 89.9 Å². The standard InChI is InChI=1S/C42H48O6/c1-2-3-4-5-6-7-8-9-10-11-12-13-20-25-40(45-47-41(43)38-30-26-36(27-31-38)34-21-16-14-17-22-34)46-48-42(44)39-32-28-37(29-33-39)35-23-18-15-19-24-35/h14-19,21-24,26-33H,1-13,20,25H2. The molecule has 252 valence electrons. The normalized spacial score (nSPS) is 11.0. The van der Waals surface area contributed by atoms with Gasteiger partial charge >= 0.3 is 18.2 Å². The summed E-state index contributed by atoms with van der Waals surface area (Å²) in [7, 11) is 0. The monoisotopic (exact) mass is 648 g/mol. The van der Waals surface area contributed by atoms with Gasteiger partial charge in [0.25, 0.3) is 0 Å². The second-order valence-electron chi connectivity index (χ2n) is 12.0. The minimum Gasteiger partial charge on any atom is -0.289 e. The van der Waals surface area contributed by atoms with Crippen LogP contribution >= 0.6 is 0 Å². The number of benzene rings is 4. The van der Waals surface area contributed by atoms with Gasteiger partial charge in [-0.05, 0) is 52.9 Å². The van der Waals surface area contributed by atoms with Crippen molar-refractivity contribution in [3.05, 3.63) is 134 Å². The Morgan fingerprint density at radius 3 is 1.10 bits per heavy atom. The molecule has 0 saturated carbocycles. The van der Waals surface area contributed by atoms with Crippen LogP contribution in [0.15, 0.2) is 109 Å². The van der Waals surface area contributed by atoms with Crippen LogP contribution in [0.5, 0.6) is 0 Å². The summed E-state index contributed by atoms with van der Waals surface area (Å²) in [6.07, 6.45) is 15.5. The second kappa shape index (κ2) is 21.6. The largest absolute Gasteiger partial charge is 0.373 e. The first-order valence-electron chi connectivity index (χ1n) is 17.4. The van der Waals surface area contributed by atoms with Gasteiger partial charge < -0.3 is 0 Å². The Hall–Kier alpha value is -4.26. The lowest BCUT2D eigenvalue weighted by atomic mass is 10.0.